The van der Waals surface area contributed by atoms with Gasteiger partial charge in [0.25, 0.3) is 0 Å². The Hall–Kier alpha value is -4.12. The van der Waals surface area contributed by atoms with Gasteiger partial charge in [-0.15, -0.1) is 0 Å². The van der Waals surface area contributed by atoms with Crippen molar-refractivity contribution < 1.29 is 0 Å². The molecule has 28 heavy (non-hydrogen) atoms. The zero-order chi connectivity index (χ0) is 19.5. The summed E-state index contributed by atoms with van der Waals surface area (Å²) in [5, 5.41) is 22.3. The standard InChI is InChI=1S/C20H16N8/c1-12(26-20-14(10-21)19(22)24-11-25-20)18-17(16-8-4-5-9-23-16)13-6-2-3-7-15(13)27-28-18/h2-9,11-12H,1H3,(H3,22,24,25,26). The minimum absolute atomic E-state index is 0.127. The van der Waals surface area contributed by atoms with Crippen molar-refractivity contribution in [1.29, 1.82) is 5.26 Å². The van der Waals surface area contributed by atoms with Gasteiger partial charge in [0, 0.05) is 17.1 Å². The van der Waals surface area contributed by atoms with Crippen LogP contribution in [0.15, 0.2) is 55.0 Å². The van der Waals surface area contributed by atoms with Crippen LogP contribution in [0.2, 0.25) is 0 Å². The summed E-state index contributed by atoms with van der Waals surface area (Å²) in [4.78, 5) is 12.5. The molecule has 136 valence electrons. The zero-order valence-corrected chi connectivity index (χ0v) is 15.0. The highest BCUT2D eigenvalue weighted by molar-refractivity contribution is 5.94. The molecular weight excluding hydrogens is 352 g/mol. The normalized spacial score (nSPS) is 11.7. The molecule has 3 aromatic heterocycles. The topological polar surface area (TPSA) is 126 Å². The third-order valence-electron chi connectivity index (χ3n) is 4.37. The van der Waals surface area contributed by atoms with Gasteiger partial charge in [0.15, 0.2) is 0 Å². The molecule has 1 unspecified atom stereocenters. The van der Waals surface area contributed by atoms with E-state index in [4.69, 9.17) is 5.73 Å². The number of pyridine rings is 1. The summed E-state index contributed by atoms with van der Waals surface area (Å²) in [6.07, 6.45) is 3.06. The second-order valence-electron chi connectivity index (χ2n) is 6.15. The molecule has 0 fully saturated rings. The number of nitrogens with two attached hydrogens (primary N) is 1. The Bertz CT molecular complexity index is 1180. The second-order valence-corrected chi connectivity index (χ2v) is 6.15. The van der Waals surface area contributed by atoms with Gasteiger partial charge in [-0.05, 0) is 25.1 Å². The van der Waals surface area contributed by atoms with Crippen molar-refractivity contribution in [3.63, 3.8) is 0 Å². The van der Waals surface area contributed by atoms with Crippen LogP contribution in [0.5, 0.6) is 0 Å². The fourth-order valence-electron chi connectivity index (χ4n) is 3.04. The van der Waals surface area contributed by atoms with Crippen molar-refractivity contribution >= 4 is 22.5 Å². The Kier molecular flexibility index (Phi) is 4.48. The fraction of sp³-hybridized carbons (Fsp3) is 0.100. The van der Waals surface area contributed by atoms with Crippen LogP contribution < -0.4 is 11.1 Å². The number of rotatable bonds is 4. The number of benzene rings is 1. The van der Waals surface area contributed by atoms with Gasteiger partial charge in [-0.3, -0.25) is 4.98 Å². The molecule has 0 radical (unpaired) electrons. The van der Waals surface area contributed by atoms with Crippen molar-refractivity contribution in [2.24, 2.45) is 0 Å². The van der Waals surface area contributed by atoms with Crippen LogP contribution in [-0.4, -0.2) is 25.1 Å². The number of nitrogen functional groups attached to an aromatic ring is 1. The molecule has 0 saturated heterocycles. The molecule has 0 spiro atoms. The smallest absolute Gasteiger partial charge is 0.150 e. The summed E-state index contributed by atoms with van der Waals surface area (Å²) in [5.41, 5.74) is 9.13. The second kappa shape index (κ2) is 7.25. The number of nitrogens with one attached hydrogen (secondary N) is 1. The molecule has 0 saturated carbocycles. The maximum atomic E-state index is 9.37. The van der Waals surface area contributed by atoms with E-state index >= 15 is 0 Å². The van der Waals surface area contributed by atoms with E-state index in [-0.39, 0.29) is 17.4 Å². The molecule has 8 heteroatoms. The van der Waals surface area contributed by atoms with Crippen molar-refractivity contribution in [3.8, 4) is 17.3 Å². The van der Waals surface area contributed by atoms with Gasteiger partial charge in [0.05, 0.1) is 22.9 Å². The van der Waals surface area contributed by atoms with E-state index < -0.39 is 0 Å². The van der Waals surface area contributed by atoms with Crippen LogP contribution >= 0.6 is 0 Å². The molecule has 1 aromatic carbocycles. The van der Waals surface area contributed by atoms with E-state index in [9.17, 15) is 5.26 Å². The van der Waals surface area contributed by atoms with Gasteiger partial charge in [-0.2, -0.15) is 15.5 Å². The van der Waals surface area contributed by atoms with Gasteiger partial charge >= 0.3 is 0 Å². The van der Waals surface area contributed by atoms with Crippen molar-refractivity contribution in [3.05, 3.63) is 66.2 Å². The lowest BCUT2D eigenvalue weighted by atomic mass is 10.00. The molecule has 4 aromatic rings. The van der Waals surface area contributed by atoms with Crippen LogP contribution in [0, 0.1) is 11.3 Å². The number of nitrogens with zero attached hydrogens (tertiary/aromatic N) is 6. The number of hydrogen-bond donors (Lipinski definition) is 2. The van der Waals surface area contributed by atoms with Gasteiger partial charge < -0.3 is 11.1 Å². The first kappa shape index (κ1) is 17.3. The third-order valence-corrected chi connectivity index (χ3v) is 4.37. The first-order valence-electron chi connectivity index (χ1n) is 8.63. The highest BCUT2D eigenvalue weighted by atomic mass is 15.1. The van der Waals surface area contributed by atoms with Crippen LogP contribution in [-0.2, 0) is 0 Å². The Morgan fingerprint density at radius 3 is 2.64 bits per heavy atom. The highest BCUT2D eigenvalue weighted by Gasteiger charge is 2.20. The first-order chi connectivity index (χ1) is 13.7. The van der Waals surface area contributed by atoms with Gasteiger partial charge in [-0.25, -0.2) is 9.97 Å². The van der Waals surface area contributed by atoms with Crippen LogP contribution in [0.3, 0.4) is 0 Å². The molecule has 4 rings (SSSR count). The Labute approximate surface area is 161 Å². The first-order valence-corrected chi connectivity index (χ1v) is 8.63. The van der Waals surface area contributed by atoms with Crippen molar-refractivity contribution in [2.45, 2.75) is 13.0 Å². The molecule has 3 heterocycles. The maximum Gasteiger partial charge on any atom is 0.150 e. The van der Waals surface area contributed by atoms with Crippen LogP contribution in [0.1, 0.15) is 24.2 Å². The minimum Gasteiger partial charge on any atom is -0.382 e. The van der Waals surface area contributed by atoms with E-state index in [0.29, 0.717) is 11.5 Å². The number of fused-ring (bicyclic) bond motifs is 1. The van der Waals surface area contributed by atoms with E-state index in [1.807, 2.05) is 55.5 Å². The fourth-order valence-corrected chi connectivity index (χ4v) is 3.04. The van der Waals surface area contributed by atoms with Crippen LogP contribution in [0.4, 0.5) is 11.6 Å². The summed E-state index contributed by atoms with van der Waals surface area (Å²) in [5.74, 6) is 0.478. The largest absolute Gasteiger partial charge is 0.382 e. The van der Waals surface area contributed by atoms with E-state index in [0.717, 1.165) is 22.2 Å². The predicted octanol–water partition coefficient (Wildman–Crippen LogP) is 3.11. The molecule has 8 nitrogen and oxygen atoms in total. The summed E-state index contributed by atoms with van der Waals surface area (Å²) >= 11 is 0. The number of nitriles is 1. The zero-order valence-electron chi connectivity index (χ0n) is 15.0. The molecule has 1 atom stereocenters. The molecular formula is C20H16N8. The highest BCUT2D eigenvalue weighted by Crippen LogP contribution is 2.33. The quantitative estimate of drug-likeness (QED) is 0.562. The lowest BCUT2D eigenvalue weighted by molar-refractivity contribution is 0.803. The average Bonchev–Trinajstić information content (AvgIpc) is 2.73. The Morgan fingerprint density at radius 1 is 1.04 bits per heavy atom. The minimum atomic E-state index is -0.310. The van der Waals surface area contributed by atoms with Crippen molar-refractivity contribution in [2.75, 3.05) is 11.1 Å². The van der Waals surface area contributed by atoms with E-state index in [1.165, 1.54) is 6.33 Å². The summed E-state index contributed by atoms with van der Waals surface area (Å²) < 4.78 is 0. The molecule has 0 aliphatic rings. The maximum absolute atomic E-state index is 9.37. The summed E-state index contributed by atoms with van der Waals surface area (Å²) in [6, 6.07) is 15.2. The lowest BCUT2D eigenvalue weighted by Crippen LogP contribution is -2.14. The summed E-state index contributed by atoms with van der Waals surface area (Å²) in [7, 11) is 0. The van der Waals surface area contributed by atoms with E-state index in [1.54, 1.807) is 6.20 Å². The lowest BCUT2D eigenvalue weighted by Gasteiger charge is -2.18. The molecule has 0 aliphatic carbocycles. The third kappa shape index (κ3) is 3.05. The van der Waals surface area contributed by atoms with Gasteiger partial charge in [0.2, 0.25) is 0 Å². The van der Waals surface area contributed by atoms with Gasteiger partial charge in [-0.1, -0.05) is 24.3 Å². The summed E-state index contributed by atoms with van der Waals surface area (Å²) in [6.45, 7) is 1.92. The SMILES string of the molecule is CC(Nc1ncnc(N)c1C#N)c1nnc2ccccc2c1-c1ccccn1. The van der Waals surface area contributed by atoms with E-state index in [2.05, 4.69) is 30.5 Å². The molecule has 0 aliphatic heterocycles. The monoisotopic (exact) mass is 368 g/mol. The van der Waals surface area contributed by atoms with Crippen LogP contribution in [0.25, 0.3) is 22.2 Å². The number of hydrogen-bond acceptors (Lipinski definition) is 8. The molecule has 3 N–H and O–H groups in total. The number of aromatic nitrogens is 5. The Balaban J connectivity index is 1.85. The molecule has 0 bridgehead atoms. The predicted molar refractivity (Wildman–Crippen MR) is 106 cm³/mol. The Morgan fingerprint density at radius 2 is 1.86 bits per heavy atom. The molecule has 0 amide bonds. The average molecular weight is 368 g/mol. The van der Waals surface area contributed by atoms with Gasteiger partial charge in [0.1, 0.15) is 29.6 Å². The van der Waals surface area contributed by atoms with Crippen molar-refractivity contribution in [1.82, 2.24) is 25.1 Å². The number of anilines is 2.